The zero-order valence-corrected chi connectivity index (χ0v) is 21.2. The average Bonchev–Trinajstić information content (AvgIpc) is 3.62. The number of hydrogen-bond donors (Lipinski definition) is 1. The number of likely N-dealkylation sites (N-methyl/N-ethyl adjacent to an activating group) is 1. The van der Waals surface area contributed by atoms with Crippen molar-refractivity contribution < 1.29 is 9.53 Å². The van der Waals surface area contributed by atoms with Crippen LogP contribution in [-0.2, 0) is 4.74 Å². The number of rotatable bonds is 7. The summed E-state index contributed by atoms with van der Waals surface area (Å²) in [6, 6.07) is 10.1. The molecule has 0 unspecified atom stereocenters. The van der Waals surface area contributed by atoms with E-state index in [0.29, 0.717) is 29.5 Å². The number of anilines is 1. The normalized spacial score (nSPS) is 18.6. The molecule has 9 nitrogen and oxygen atoms in total. The number of nitrogens with one attached hydrogen (secondary N) is 1. The molecule has 10 heteroatoms. The Morgan fingerprint density at radius 3 is 2.86 bits per heavy atom. The van der Waals surface area contributed by atoms with Crippen LogP contribution in [0, 0.1) is 0 Å². The van der Waals surface area contributed by atoms with Gasteiger partial charge in [0.15, 0.2) is 5.65 Å². The lowest BCUT2D eigenvalue weighted by molar-refractivity contribution is 0.0783. The van der Waals surface area contributed by atoms with Gasteiger partial charge in [-0.25, -0.2) is 14.5 Å². The Bertz CT molecular complexity index is 1380. The Labute approximate surface area is 213 Å². The van der Waals surface area contributed by atoms with E-state index in [1.54, 1.807) is 29.2 Å². The summed E-state index contributed by atoms with van der Waals surface area (Å²) < 4.78 is 7.21. The molecule has 1 amide bonds. The average molecular weight is 504 g/mol. The van der Waals surface area contributed by atoms with Gasteiger partial charge in [-0.15, -0.1) is 11.3 Å². The zero-order chi connectivity index (χ0) is 24.6. The maximum absolute atomic E-state index is 13.3. The third-order valence-corrected chi connectivity index (χ3v) is 8.06. The number of pyridine rings is 1. The molecule has 36 heavy (non-hydrogen) atoms. The summed E-state index contributed by atoms with van der Waals surface area (Å²) in [7, 11) is 3.84. The van der Waals surface area contributed by atoms with Gasteiger partial charge in [0.25, 0.3) is 5.91 Å². The number of nitrogens with zero attached hydrogens (tertiary/aromatic N) is 6. The van der Waals surface area contributed by atoms with E-state index in [1.165, 1.54) is 6.42 Å². The molecule has 0 saturated carbocycles. The van der Waals surface area contributed by atoms with Crippen molar-refractivity contribution in [2.45, 2.75) is 25.0 Å². The van der Waals surface area contributed by atoms with Gasteiger partial charge < -0.3 is 19.9 Å². The quantitative estimate of drug-likeness (QED) is 0.414. The molecule has 2 saturated heterocycles. The second kappa shape index (κ2) is 9.61. The number of carbonyl (C=O) groups excluding carboxylic acids is 1. The van der Waals surface area contributed by atoms with Crippen LogP contribution in [0.3, 0.4) is 0 Å². The molecule has 2 aliphatic rings. The van der Waals surface area contributed by atoms with E-state index >= 15 is 0 Å². The van der Waals surface area contributed by atoms with Crippen LogP contribution in [0.5, 0.6) is 0 Å². The largest absolute Gasteiger partial charge is 0.378 e. The molecule has 0 spiro atoms. The zero-order valence-electron chi connectivity index (χ0n) is 20.4. The highest BCUT2D eigenvalue weighted by molar-refractivity contribution is 7.13. The van der Waals surface area contributed by atoms with Gasteiger partial charge >= 0.3 is 0 Å². The van der Waals surface area contributed by atoms with Gasteiger partial charge in [-0.1, -0.05) is 6.07 Å². The van der Waals surface area contributed by atoms with Gasteiger partial charge in [0.2, 0.25) is 0 Å². The first kappa shape index (κ1) is 23.1. The Kier molecular flexibility index (Phi) is 6.16. The first-order valence-electron chi connectivity index (χ1n) is 12.3. The van der Waals surface area contributed by atoms with Crippen LogP contribution in [-0.4, -0.2) is 82.9 Å². The van der Waals surface area contributed by atoms with Crippen molar-refractivity contribution in [1.29, 1.82) is 0 Å². The van der Waals surface area contributed by atoms with E-state index in [0.717, 1.165) is 48.0 Å². The van der Waals surface area contributed by atoms with Gasteiger partial charge in [0.1, 0.15) is 5.82 Å². The summed E-state index contributed by atoms with van der Waals surface area (Å²) in [5.41, 5.74) is 3.67. The molecule has 2 aliphatic heterocycles. The Morgan fingerprint density at radius 2 is 2.11 bits per heavy atom. The third-order valence-electron chi connectivity index (χ3n) is 7.17. The van der Waals surface area contributed by atoms with Crippen LogP contribution in [0.4, 0.5) is 5.82 Å². The maximum Gasteiger partial charge on any atom is 0.251 e. The van der Waals surface area contributed by atoms with E-state index in [4.69, 9.17) is 14.7 Å². The number of carbonyl (C=O) groups is 1. The highest BCUT2D eigenvalue weighted by Crippen LogP contribution is 2.30. The SMILES string of the molecule is COC1CN(c2cc(C(=O)NC[C@@H]3CCCN3C)cc(-c3cnn4ccc(-c5cccs5)nc34)n2)C1. The predicted octanol–water partition coefficient (Wildman–Crippen LogP) is 3.18. The van der Waals surface area contributed by atoms with Crippen LogP contribution >= 0.6 is 11.3 Å². The van der Waals surface area contributed by atoms with E-state index in [1.807, 2.05) is 35.8 Å². The minimum absolute atomic E-state index is 0.0901. The van der Waals surface area contributed by atoms with E-state index < -0.39 is 0 Å². The van der Waals surface area contributed by atoms with Crippen LogP contribution < -0.4 is 10.2 Å². The lowest BCUT2D eigenvalue weighted by atomic mass is 10.1. The number of aromatic nitrogens is 4. The minimum atomic E-state index is -0.0901. The summed E-state index contributed by atoms with van der Waals surface area (Å²) in [6.45, 7) is 3.21. The van der Waals surface area contributed by atoms with Crippen LogP contribution in [0.1, 0.15) is 23.2 Å². The molecule has 6 heterocycles. The molecule has 4 aromatic heterocycles. The fourth-order valence-corrected chi connectivity index (χ4v) is 5.58. The summed E-state index contributed by atoms with van der Waals surface area (Å²) >= 11 is 1.65. The molecule has 2 fully saturated rings. The molecular weight excluding hydrogens is 474 g/mol. The first-order chi connectivity index (χ1) is 17.6. The summed E-state index contributed by atoms with van der Waals surface area (Å²) in [4.78, 5) is 28.6. The van der Waals surface area contributed by atoms with Crippen molar-refractivity contribution in [3.05, 3.63) is 53.7 Å². The highest BCUT2D eigenvalue weighted by Gasteiger charge is 2.29. The molecule has 186 valence electrons. The third kappa shape index (κ3) is 4.36. The van der Waals surface area contributed by atoms with Crippen molar-refractivity contribution in [2.75, 3.05) is 45.2 Å². The molecule has 0 radical (unpaired) electrons. The van der Waals surface area contributed by atoms with Crippen LogP contribution in [0.25, 0.3) is 27.5 Å². The molecule has 0 bridgehead atoms. The fourth-order valence-electron chi connectivity index (χ4n) is 4.88. The van der Waals surface area contributed by atoms with Crippen molar-refractivity contribution in [3.63, 3.8) is 0 Å². The molecule has 6 rings (SSSR count). The Morgan fingerprint density at radius 1 is 1.22 bits per heavy atom. The summed E-state index contributed by atoms with van der Waals surface area (Å²) in [5, 5.41) is 9.68. The molecule has 1 N–H and O–H groups in total. The molecule has 1 atom stereocenters. The minimum Gasteiger partial charge on any atom is -0.378 e. The number of amides is 1. The number of methoxy groups -OCH3 is 1. The van der Waals surface area contributed by atoms with E-state index in [9.17, 15) is 4.79 Å². The first-order valence-corrected chi connectivity index (χ1v) is 13.1. The lowest BCUT2D eigenvalue weighted by Crippen LogP contribution is -2.52. The Balaban J connectivity index is 1.35. The number of fused-ring (bicyclic) bond motifs is 1. The van der Waals surface area contributed by atoms with Crippen molar-refractivity contribution in [1.82, 2.24) is 29.8 Å². The van der Waals surface area contributed by atoms with Crippen molar-refractivity contribution in [2.24, 2.45) is 0 Å². The second-order valence-electron chi connectivity index (χ2n) is 9.47. The number of ether oxygens (including phenoxy) is 1. The van der Waals surface area contributed by atoms with Crippen molar-refractivity contribution >= 4 is 28.7 Å². The molecule has 4 aromatic rings. The monoisotopic (exact) mass is 503 g/mol. The molecule has 0 aliphatic carbocycles. The van der Waals surface area contributed by atoms with Gasteiger partial charge in [0, 0.05) is 44.5 Å². The van der Waals surface area contributed by atoms with Gasteiger partial charge in [-0.3, -0.25) is 4.79 Å². The number of thiophene rings is 1. The summed E-state index contributed by atoms with van der Waals surface area (Å²) in [6.07, 6.45) is 6.14. The lowest BCUT2D eigenvalue weighted by Gasteiger charge is -2.39. The van der Waals surface area contributed by atoms with Crippen LogP contribution in [0.15, 0.2) is 48.1 Å². The number of hydrogen-bond acceptors (Lipinski definition) is 8. The standard InChI is InChI=1S/C26H29N7O2S/c1-31-8-3-5-18(31)13-27-26(34)17-11-22(29-24(12-17)32-15-19(16-32)35-2)20-14-28-33-9-7-21(30-25(20)33)23-6-4-10-36-23/h4,6-7,9-12,14,18-19H,3,5,8,13,15-16H2,1-2H3,(H,27,34)/t18-/m0/s1. The smallest absolute Gasteiger partial charge is 0.251 e. The summed E-state index contributed by atoms with van der Waals surface area (Å²) in [5.74, 6) is 0.672. The maximum atomic E-state index is 13.3. The Hall–Kier alpha value is -3.34. The van der Waals surface area contributed by atoms with Crippen LogP contribution in [0.2, 0.25) is 0 Å². The number of likely N-dealkylation sites (tertiary alicyclic amines) is 1. The molecule has 0 aromatic carbocycles. The van der Waals surface area contributed by atoms with Gasteiger partial charge in [-0.2, -0.15) is 5.10 Å². The van der Waals surface area contributed by atoms with E-state index in [-0.39, 0.29) is 12.0 Å². The topological polar surface area (TPSA) is 87.9 Å². The second-order valence-corrected chi connectivity index (χ2v) is 10.4. The van der Waals surface area contributed by atoms with Crippen molar-refractivity contribution in [3.8, 4) is 21.8 Å². The molecular formula is C26H29N7O2S. The van der Waals surface area contributed by atoms with Gasteiger partial charge in [0.05, 0.1) is 34.1 Å². The van der Waals surface area contributed by atoms with Gasteiger partial charge in [-0.05, 0) is 56.1 Å². The predicted molar refractivity (Wildman–Crippen MR) is 141 cm³/mol. The highest BCUT2D eigenvalue weighted by atomic mass is 32.1. The van der Waals surface area contributed by atoms with E-state index in [2.05, 4.69) is 33.3 Å². The fraction of sp³-hybridized carbons (Fsp3) is 0.385.